The summed E-state index contributed by atoms with van der Waals surface area (Å²) in [4.78, 5) is 0. The topological polar surface area (TPSA) is 18.5 Å². The fraction of sp³-hybridized carbons (Fsp3) is 0.455. The minimum absolute atomic E-state index is 0.0791. The van der Waals surface area contributed by atoms with Crippen molar-refractivity contribution in [3.8, 4) is 5.75 Å². The van der Waals surface area contributed by atoms with Crippen LogP contribution in [0.1, 0.15) is 57.6 Å². The highest BCUT2D eigenvalue weighted by molar-refractivity contribution is 5.86. The third kappa shape index (κ3) is 4.13. The fourth-order valence-electron chi connectivity index (χ4n) is 3.49. The zero-order valence-corrected chi connectivity index (χ0v) is 15.8. The summed E-state index contributed by atoms with van der Waals surface area (Å²) in [6, 6.07) is 4.47. The van der Waals surface area contributed by atoms with Crippen LogP contribution in [0.15, 0.2) is 29.8 Å². The Morgan fingerprint density at radius 1 is 1.07 bits per heavy atom. The third-order valence-corrected chi connectivity index (χ3v) is 4.95. The molecular weight excluding hydrogens is 353 g/mol. The number of rotatable bonds is 7. The molecule has 0 aromatic heterocycles. The normalized spacial score (nSPS) is 17.2. The quantitative estimate of drug-likeness (QED) is 0.398. The molecule has 0 saturated heterocycles. The maximum absolute atomic E-state index is 14.7. The minimum atomic E-state index is -1.19. The van der Waals surface area contributed by atoms with E-state index in [1.54, 1.807) is 13.0 Å². The van der Waals surface area contributed by atoms with Crippen LogP contribution in [-0.4, -0.2) is 13.2 Å². The first-order valence-corrected chi connectivity index (χ1v) is 9.59. The molecule has 1 unspecified atom stereocenters. The number of fused-ring (bicyclic) bond motifs is 1. The van der Waals surface area contributed by atoms with Crippen molar-refractivity contribution in [2.75, 3.05) is 13.2 Å². The van der Waals surface area contributed by atoms with Gasteiger partial charge in [0.1, 0.15) is 0 Å². The van der Waals surface area contributed by atoms with Gasteiger partial charge in [0.25, 0.3) is 0 Å². The summed E-state index contributed by atoms with van der Waals surface area (Å²) in [5, 5.41) is -0.0834. The molecule has 0 bridgehead atoms. The van der Waals surface area contributed by atoms with Gasteiger partial charge in [-0.2, -0.15) is 0 Å². The van der Waals surface area contributed by atoms with Crippen molar-refractivity contribution in [2.24, 2.45) is 0 Å². The fourth-order valence-corrected chi connectivity index (χ4v) is 3.49. The Labute approximate surface area is 158 Å². The third-order valence-electron chi connectivity index (χ3n) is 4.95. The van der Waals surface area contributed by atoms with E-state index in [1.165, 1.54) is 24.1 Å². The van der Waals surface area contributed by atoms with Crippen molar-refractivity contribution in [1.82, 2.24) is 0 Å². The highest BCUT2D eigenvalue weighted by Gasteiger charge is 2.25. The van der Waals surface area contributed by atoms with Gasteiger partial charge in [0, 0.05) is 5.56 Å². The first kappa shape index (κ1) is 19.7. The summed E-state index contributed by atoms with van der Waals surface area (Å²) < 4.78 is 54.7. The van der Waals surface area contributed by atoms with E-state index in [0.717, 1.165) is 19.3 Å². The van der Waals surface area contributed by atoms with Crippen molar-refractivity contribution >= 4 is 10.8 Å². The molecule has 0 amide bonds. The first-order valence-electron chi connectivity index (χ1n) is 9.59. The molecule has 2 aromatic carbocycles. The number of halogens is 3. The van der Waals surface area contributed by atoms with E-state index in [-0.39, 0.29) is 23.3 Å². The van der Waals surface area contributed by atoms with Crippen LogP contribution >= 0.6 is 0 Å². The lowest BCUT2D eigenvalue weighted by Crippen LogP contribution is -2.14. The Hall–Kier alpha value is -2.01. The molecule has 27 heavy (non-hydrogen) atoms. The average molecular weight is 378 g/mol. The summed E-state index contributed by atoms with van der Waals surface area (Å²) in [6.45, 7) is 4.52. The van der Waals surface area contributed by atoms with Crippen molar-refractivity contribution < 1.29 is 22.6 Å². The Morgan fingerprint density at radius 2 is 1.89 bits per heavy atom. The molecule has 1 aliphatic rings. The summed E-state index contributed by atoms with van der Waals surface area (Å²) in [5.74, 6) is -3.20. The standard InChI is InChI=1S/C22H25F3O2/c1-3-5-6-7-14-8-10-17(27-13-14)16-12-15-9-11-18(26-4-2)21(24)19(15)22(25)20(16)23/h8-9,11-12,17H,3-7,10,13H2,1-2H3. The summed E-state index contributed by atoms with van der Waals surface area (Å²) in [7, 11) is 0. The predicted molar refractivity (Wildman–Crippen MR) is 101 cm³/mol. The summed E-state index contributed by atoms with van der Waals surface area (Å²) in [6.07, 6.45) is 6.39. The second-order valence-corrected chi connectivity index (χ2v) is 6.86. The van der Waals surface area contributed by atoms with Gasteiger partial charge in [0.2, 0.25) is 0 Å². The van der Waals surface area contributed by atoms with Crippen LogP contribution in [0.3, 0.4) is 0 Å². The molecule has 0 radical (unpaired) electrons. The highest BCUT2D eigenvalue weighted by atomic mass is 19.2. The number of ether oxygens (including phenoxy) is 2. The molecule has 0 saturated carbocycles. The minimum Gasteiger partial charge on any atom is -0.491 e. The van der Waals surface area contributed by atoms with E-state index in [0.29, 0.717) is 18.4 Å². The van der Waals surface area contributed by atoms with E-state index in [9.17, 15) is 13.2 Å². The molecule has 0 aliphatic carbocycles. The lowest BCUT2D eigenvalue weighted by Gasteiger charge is -2.24. The molecule has 0 N–H and O–H groups in total. The molecule has 1 aliphatic heterocycles. The highest BCUT2D eigenvalue weighted by Crippen LogP contribution is 2.36. The summed E-state index contributed by atoms with van der Waals surface area (Å²) >= 11 is 0. The lowest BCUT2D eigenvalue weighted by atomic mass is 9.96. The Kier molecular flexibility index (Phi) is 6.42. The van der Waals surface area contributed by atoms with E-state index in [4.69, 9.17) is 9.47 Å². The number of unbranched alkanes of at least 4 members (excludes halogenated alkanes) is 2. The Morgan fingerprint density at radius 3 is 2.56 bits per heavy atom. The van der Waals surface area contributed by atoms with Crippen molar-refractivity contribution in [3.05, 3.63) is 52.9 Å². The Balaban J connectivity index is 1.88. The molecule has 5 heteroatoms. The maximum Gasteiger partial charge on any atom is 0.175 e. The molecule has 0 fully saturated rings. The average Bonchev–Trinajstić information content (AvgIpc) is 2.67. The number of hydrogen-bond donors (Lipinski definition) is 0. The molecule has 1 heterocycles. The maximum atomic E-state index is 14.7. The smallest absolute Gasteiger partial charge is 0.175 e. The van der Waals surface area contributed by atoms with Gasteiger partial charge in [-0.1, -0.05) is 31.9 Å². The molecule has 3 rings (SSSR count). The molecule has 2 nitrogen and oxygen atoms in total. The SMILES string of the molecule is CCCCCC1=CCC(c2cc3ccc(OCC)c(F)c3c(F)c2F)OC1. The Bertz CT molecular complexity index is 845. The van der Waals surface area contributed by atoms with Gasteiger partial charge in [-0.15, -0.1) is 0 Å². The van der Waals surface area contributed by atoms with Crippen LogP contribution in [0.2, 0.25) is 0 Å². The second kappa shape index (κ2) is 8.79. The van der Waals surface area contributed by atoms with Crippen LogP contribution < -0.4 is 4.74 Å². The van der Waals surface area contributed by atoms with Gasteiger partial charge >= 0.3 is 0 Å². The van der Waals surface area contributed by atoms with Crippen LogP contribution in [0.5, 0.6) is 5.75 Å². The van der Waals surface area contributed by atoms with Gasteiger partial charge < -0.3 is 9.47 Å². The van der Waals surface area contributed by atoms with Gasteiger partial charge in [-0.05, 0) is 49.3 Å². The molecule has 0 spiro atoms. The van der Waals surface area contributed by atoms with Crippen LogP contribution in [0, 0.1) is 17.5 Å². The van der Waals surface area contributed by atoms with Crippen LogP contribution in [0.4, 0.5) is 13.2 Å². The van der Waals surface area contributed by atoms with Crippen LogP contribution in [0.25, 0.3) is 10.8 Å². The number of hydrogen-bond acceptors (Lipinski definition) is 2. The van der Waals surface area contributed by atoms with Crippen molar-refractivity contribution in [2.45, 2.75) is 52.1 Å². The molecular formula is C22H25F3O2. The summed E-state index contributed by atoms with van der Waals surface area (Å²) in [5.41, 5.74) is 1.33. The van der Waals surface area contributed by atoms with Gasteiger partial charge in [-0.3, -0.25) is 0 Å². The zero-order chi connectivity index (χ0) is 19.4. The van der Waals surface area contributed by atoms with E-state index >= 15 is 0 Å². The predicted octanol–water partition coefficient (Wildman–Crippen LogP) is 6.62. The van der Waals surface area contributed by atoms with E-state index in [2.05, 4.69) is 13.0 Å². The van der Waals surface area contributed by atoms with E-state index < -0.39 is 23.6 Å². The molecule has 146 valence electrons. The number of benzene rings is 2. The zero-order valence-electron chi connectivity index (χ0n) is 15.8. The van der Waals surface area contributed by atoms with Gasteiger partial charge in [0.15, 0.2) is 23.2 Å². The second-order valence-electron chi connectivity index (χ2n) is 6.86. The molecule has 2 aromatic rings. The monoisotopic (exact) mass is 378 g/mol. The largest absolute Gasteiger partial charge is 0.491 e. The van der Waals surface area contributed by atoms with Crippen molar-refractivity contribution in [3.63, 3.8) is 0 Å². The lowest BCUT2D eigenvalue weighted by molar-refractivity contribution is 0.0569. The van der Waals surface area contributed by atoms with Crippen LogP contribution in [-0.2, 0) is 4.74 Å². The van der Waals surface area contributed by atoms with E-state index in [1.807, 2.05) is 0 Å². The van der Waals surface area contributed by atoms with Crippen molar-refractivity contribution in [1.29, 1.82) is 0 Å². The first-order chi connectivity index (χ1) is 13.1. The van der Waals surface area contributed by atoms with Gasteiger partial charge in [-0.25, -0.2) is 13.2 Å². The van der Waals surface area contributed by atoms with Gasteiger partial charge in [0.05, 0.1) is 24.7 Å². The molecule has 1 atom stereocenters.